The summed E-state index contributed by atoms with van der Waals surface area (Å²) in [4.78, 5) is 32.7. The topological polar surface area (TPSA) is 97.1 Å². The molecule has 0 bridgehead atoms. The van der Waals surface area contributed by atoms with Crippen LogP contribution in [0.4, 0.5) is 10.8 Å². The Morgan fingerprint density at radius 2 is 1.92 bits per heavy atom. The first kappa shape index (κ1) is 16.5. The molecule has 2 aromatic heterocycles. The summed E-state index contributed by atoms with van der Waals surface area (Å²) in [7, 11) is 0. The number of nitrogens with one attached hydrogen (secondary N) is 2. The highest BCUT2D eigenvalue weighted by Crippen LogP contribution is 2.35. The van der Waals surface area contributed by atoms with Crippen LogP contribution in [0.5, 0.6) is 0 Å². The maximum Gasteiger partial charge on any atom is 0.277 e. The molecule has 0 atom stereocenters. The van der Waals surface area contributed by atoms with Gasteiger partial charge in [-0.3, -0.25) is 14.9 Å². The Kier molecular flexibility index (Phi) is 4.49. The van der Waals surface area contributed by atoms with Gasteiger partial charge in [-0.1, -0.05) is 6.42 Å². The number of hydrogen-bond acceptors (Lipinski definition) is 6. The van der Waals surface area contributed by atoms with Crippen LogP contribution >= 0.6 is 11.3 Å². The normalized spacial score (nSPS) is 13.8. The molecule has 1 aromatic carbocycles. The summed E-state index contributed by atoms with van der Waals surface area (Å²) >= 11 is 1.35. The Bertz CT molecular complexity index is 914. The van der Waals surface area contributed by atoms with Gasteiger partial charge in [-0.2, -0.15) is 0 Å². The second-order valence-corrected chi connectivity index (χ2v) is 6.92. The molecule has 1 fully saturated rings. The van der Waals surface area contributed by atoms with Crippen molar-refractivity contribution in [2.45, 2.75) is 25.2 Å². The Labute approximate surface area is 153 Å². The Morgan fingerprint density at radius 1 is 1.12 bits per heavy atom. The van der Waals surface area contributed by atoms with Crippen molar-refractivity contribution < 1.29 is 14.0 Å². The molecule has 2 amide bonds. The molecule has 0 saturated heterocycles. The van der Waals surface area contributed by atoms with E-state index in [-0.39, 0.29) is 17.5 Å². The Hall–Kier alpha value is -3.00. The van der Waals surface area contributed by atoms with Gasteiger partial charge >= 0.3 is 0 Å². The largest absolute Gasteiger partial charge is 0.448 e. The molecule has 7 nitrogen and oxygen atoms in total. The molecule has 0 radical (unpaired) electrons. The van der Waals surface area contributed by atoms with Gasteiger partial charge in [0.05, 0.1) is 0 Å². The van der Waals surface area contributed by atoms with Crippen LogP contribution in [0, 0.1) is 0 Å². The van der Waals surface area contributed by atoms with E-state index < -0.39 is 0 Å². The van der Waals surface area contributed by atoms with Crippen LogP contribution in [0.2, 0.25) is 0 Å². The number of carbonyl (C=O) groups is 2. The van der Waals surface area contributed by atoms with Crippen molar-refractivity contribution in [1.82, 2.24) is 9.97 Å². The van der Waals surface area contributed by atoms with Gasteiger partial charge in [-0.15, -0.1) is 11.3 Å². The lowest BCUT2D eigenvalue weighted by Gasteiger charge is -2.21. The minimum absolute atomic E-state index is 0.250. The van der Waals surface area contributed by atoms with Crippen molar-refractivity contribution >= 4 is 34.0 Å². The number of benzene rings is 1. The number of oxazole rings is 1. The average molecular weight is 368 g/mol. The maximum atomic E-state index is 12.3. The van der Waals surface area contributed by atoms with Crippen molar-refractivity contribution in [3.8, 4) is 0 Å². The van der Waals surface area contributed by atoms with Gasteiger partial charge < -0.3 is 9.73 Å². The number of nitrogens with zero attached hydrogens (tertiary/aromatic N) is 2. The van der Waals surface area contributed by atoms with E-state index in [2.05, 4.69) is 20.6 Å². The maximum absolute atomic E-state index is 12.3. The molecule has 3 aromatic rings. The lowest BCUT2D eigenvalue weighted by Crippen LogP contribution is -2.14. The van der Waals surface area contributed by atoms with Gasteiger partial charge in [-0.05, 0) is 37.1 Å². The predicted molar refractivity (Wildman–Crippen MR) is 97.6 cm³/mol. The van der Waals surface area contributed by atoms with Crippen molar-refractivity contribution in [2.75, 3.05) is 10.6 Å². The third kappa shape index (κ3) is 3.50. The molecule has 0 spiro atoms. The lowest BCUT2D eigenvalue weighted by molar-refractivity contribution is 0.101. The molecular weight excluding hydrogens is 352 g/mol. The van der Waals surface area contributed by atoms with Gasteiger partial charge in [0.15, 0.2) is 16.7 Å². The fourth-order valence-electron chi connectivity index (χ4n) is 2.59. The highest BCUT2D eigenvalue weighted by molar-refractivity contribution is 7.13. The van der Waals surface area contributed by atoms with Crippen LogP contribution in [0.3, 0.4) is 0 Å². The van der Waals surface area contributed by atoms with Gasteiger partial charge in [0.25, 0.3) is 11.8 Å². The summed E-state index contributed by atoms with van der Waals surface area (Å²) in [5.74, 6) is 0.390. The first-order valence-electron chi connectivity index (χ1n) is 8.27. The molecule has 1 saturated carbocycles. The lowest BCUT2D eigenvalue weighted by atomic mass is 9.85. The van der Waals surface area contributed by atoms with Crippen molar-refractivity contribution in [2.24, 2.45) is 0 Å². The Balaban J connectivity index is 1.38. The fourth-order valence-corrected chi connectivity index (χ4v) is 3.11. The fraction of sp³-hybridized carbons (Fsp3) is 0.222. The van der Waals surface area contributed by atoms with E-state index in [0.717, 1.165) is 12.8 Å². The van der Waals surface area contributed by atoms with E-state index in [0.29, 0.717) is 28.2 Å². The van der Waals surface area contributed by atoms with Crippen molar-refractivity contribution in [1.29, 1.82) is 0 Å². The molecule has 0 unspecified atom stereocenters. The average Bonchev–Trinajstić information content (AvgIpc) is 3.26. The van der Waals surface area contributed by atoms with Crippen LogP contribution in [0.25, 0.3) is 0 Å². The molecule has 1 aliphatic carbocycles. The zero-order chi connectivity index (χ0) is 17.9. The summed E-state index contributed by atoms with van der Waals surface area (Å²) in [6.45, 7) is 0. The number of anilines is 2. The standard InChI is InChI=1S/C18H16N4O3S/c23-15(22-18-19-8-9-26-18)11-4-6-13(7-5-11)20-16(24)14-10-25-17(21-14)12-2-1-3-12/h4-10,12H,1-3H2,(H,20,24)(H,19,22,23). The first-order chi connectivity index (χ1) is 12.7. The predicted octanol–water partition coefficient (Wildman–Crippen LogP) is 3.90. The van der Waals surface area contributed by atoms with Crippen LogP contribution in [-0.4, -0.2) is 21.8 Å². The third-order valence-corrected chi connectivity index (χ3v) is 4.96. The van der Waals surface area contributed by atoms with E-state index in [1.807, 2.05) is 0 Å². The molecular formula is C18H16N4O3S. The second kappa shape index (κ2) is 7.09. The van der Waals surface area contributed by atoms with Crippen LogP contribution in [0.15, 0.2) is 46.5 Å². The van der Waals surface area contributed by atoms with Crippen molar-refractivity contribution in [3.63, 3.8) is 0 Å². The molecule has 26 heavy (non-hydrogen) atoms. The van der Waals surface area contributed by atoms with Crippen LogP contribution in [-0.2, 0) is 0 Å². The van der Waals surface area contributed by atoms with Crippen molar-refractivity contribution in [3.05, 3.63) is 59.3 Å². The quantitative estimate of drug-likeness (QED) is 0.712. The number of amides is 2. The summed E-state index contributed by atoms with van der Waals surface area (Å²) in [6, 6.07) is 6.62. The van der Waals surface area contributed by atoms with E-state index in [4.69, 9.17) is 4.42 Å². The molecule has 4 rings (SSSR count). The molecule has 2 N–H and O–H groups in total. The van der Waals surface area contributed by atoms with E-state index >= 15 is 0 Å². The second-order valence-electron chi connectivity index (χ2n) is 6.02. The SMILES string of the molecule is O=C(Nc1nccs1)c1ccc(NC(=O)c2coc(C3CCC3)n2)cc1. The first-order valence-corrected chi connectivity index (χ1v) is 9.15. The minimum Gasteiger partial charge on any atom is -0.448 e. The molecule has 0 aliphatic heterocycles. The highest BCUT2D eigenvalue weighted by Gasteiger charge is 2.25. The summed E-state index contributed by atoms with van der Waals surface area (Å²) in [6.07, 6.45) is 6.31. The smallest absolute Gasteiger partial charge is 0.277 e. The summed E-state index contributed by atoms with van der Waals surface area (Å²) in [5.41, 5.74) is 1.32. The van der Waals surface area contributed by atoms with E-state index in [1.165, 1.54) is 24.0 Å². The number of aromatic nitrogens is 2. The zero-order valence-electron chi connectivity index (χ0n) is 13.8. The molecule has 2 heterocycles. The zero-order valence-corrected chi connectivity index (χ0v) is 14.6. The minimum atomic E-state index is -0.334. The summed E-state index contributed by atoms with van der Waals surface area (Å²) in [5, 5.41) is 7.79. The monoisotopic (exact) mass is 368 g/mol. The molecule has 132 valence electrons. The Morgan fingerprint density at radius 3 is 2.58 bits per heavy atom. The third-order valence-electron chi connectivity index (χ3n) is 4.27. The number of thiazole rings is 1. The van der Waals surface area contributed by atoms with Crippen LogP contribution in [0.1, 0.15) is 51.9 Å². The van der Waals surface area contributed by atoms with Crippen LogP contribution < -0.4 is 10.6 Å². The van der Waals surface area contributed by atoms with Gasteiger partial charge in [0.1, 0.15) is 6.26 Å². The van der Waals surface area contributed by atoms with E-state index in [9.17, 15) is 9.59 Å². The van der Waals surface area contributed by atoms with Gasteiger partial charge in [0, 0.05) is 28.7 Å². The molecule has 1 aliphatic rings. The van der Waals surface area contributed by atoms with Gasteiger partial charge in [-0.25, -0.2) is 9.97 Å². The number of carbonyl (C=O) groups excluding carboxylic acids is 2. The number of hydrogen-bond donors (Lipinski definition) is 2. The number of rotatable bonds is 5. The molecule has 8 heteroatoms. The van der Waals surface area contributed by atoms with E-state index in [1.54, 1.807) is 35.8 Å². The van der Waals surface area contributed by atoms with Gasteiger partial charge in [0.2, 0.25) is 0 Å². The summed E-state index contributed by atoms with van der Waals surface area (Å²) < 4.78 is 5.40. The highest BCUT2D eigenvalue weighted by atomic mass is 32.1.